The number of rotatable bonds is 5. The number of para-hydroxylation sites is 1. The maximum atomic E-state index is 12.3. The van der Waals surface area contributed by atoms with Crippen LogP contribution in [0.2, 0.25) is 0 Å². The fourth-order valence-corrected chi connectivity index (χ4v) is 3.22. The van der Waals surface area contributed by atoms with Gasteiger partial charge in [0.25, 0.3) is 0 Å². The van der Waals surface area contributed by atoms with Gasteiger partial charge in [-0.3, -0.25) is 4.79 Å². The molecule has 1 unspecified atom stereocenters. The van der Waals surface area contributed by atoms with E-state index < -0.39 is 0 Å². The summed E-state index contributed by atoms with van der Waals surface area (Å²) in [5, 5.41) is 6.21. The van der Waals surface area contributed by atoms with E-state index in [0.29, 0.717) is 6.54 Å². The molecule has 3 aromatic rings. The van der Waals surface area contributed by atoms with Crippen LogP contribution in [0.3, 0.4) is 0 Å². The zero-order chi connectivity index (χ0) is 14.7. The average Bonchev–Trinajstić information content (AvgIpc) is 3.15. The highest BCUT2D eigenvalue weighted by Crippen LogP contribution is 2.25. The molecule has 1 amide bonds. The first-order valence-electron chi connectivity index (χ1n) is 7.12. The summed E-state index contributed by atoms with van der Waals surface area (Å²) in [5.41, 5.74) is 2.13. The second kappa shape index (κ2) is 6.14. The first-order chi connectivity index (χ1) is 10.3. The van der Waals surface area contributed by atoms with Gasteiger partial charge in [0.2, 0.25) is 5.91 Å². The van der Waals surface area contributed by atoms with Crippen molar-refractivity contribution in [2.75, 3.05) is 6.54 Å². The lowest BCUT2D eigenvalue weighted by molar-refractivity contribution is -0.122. The molecule has 2 heterocycles. The van der Waals surface area contributed by atoms with Crippen LogP contribution in [0.25, 0.3) is 10.9 Å². The van der Waals surface area contributed by atoms with E-state index in [1.807, 2.05) is 37.4 Å². The van der Waals surface area contributed by atoms with E-state index in [-0.39, 0.29) is 11.8 Å². The molecule has 4 heteroatoms. The van der Waals surface area contributed by atoms with Crippen LogP contribution in [-0.2, 0) is 11.2 Å². The van der Waals surface area contributed by atoms with Gasteiger partial charge in [-0.05, 0) is 36.4 Å². The van der Waals surface area contributed by atoms with E-state index >= 15 is 0 Å². The van der Waals surface area contributed by atoms with Gasteiger partial charge in [0, 0.05) is 28.5 Å². The summed E-state index contributed by atoms with van der Waals surface area (Å²) in [5.74, 6) is -0.0687. The van der Waals surface area contributed by atoms with Gasteiger partial charge in [-0.15, -0.1) is 11.3 Å². The first-order valence-corrected chi connectivity index (χ1v) is 8.00. The van der Waals surface area contributed by atoms with Crippen LogP contribution in [-0.4, -0.2) is 17.4 Å². The number of aromatic nitrogens is 1. The minimum absolute atomic E-state index is 0.0799. The van der Waals surface area contributed by atoms with Crippen molar-refractivity contribution in [2.24, 2.45) is 0 Å². The Morgan fingerprint density at radius 3 is 2.95 bits per heavy atom. The maximum Gasteiger partial charge on any atom is 0.227 e. The monoisotopic (exact) mass is 298 g/mol. The molecule has 2 aromatic heterocycles. The molecular weight excluding hydrogens is 280 g/mol. The molecule has 0 fully saturated rings. The highest BCUT2D eigenvalue weighted by molar-refractivity contribution is 7.09. The molecule has 1 atom stereocenters. The van der Waals surface area contributed by atoms with Crippen LogP contribution in [0.5, 0.6) is 0 Å². The number of fused-ring (bicyclic) bond motifs is 1. The Morgan fingerprint density at radius 1 is 1.29 bits per heavy atom. The average molecular weight is 298 g/mol. The second-order valence-electron chi connectivity index (χ2n) is 5.13. The van der Waals surface area contributed by atoms with Gasteiger partial charge in [0.05, 0.1) is 5.92 Å². The van der Waals surface area contributed by atoms with Crippen LogP contribution in [0.4, 0.5) is 0 Å². The van der Waals surface area contributed by atoms with Gasteiger partial charge in [0.15, 0.2) is 0 Å². The summed E-state index contributed by atoms with van der Waals surface area (Å²) in [7, 11) is 0. The molecule has 0 spiro atoms. The summed E-state index contributed by atoms with van der Waals surface area (Å²) in [4.78, 5) is 16.8. The van der Waals surface area contributed by atoms with Gasteiger partial charge < -0.3 is 10.3 Å². The van der Waals surface area contributed by atoms with Crippen LogP contribution in [0.1, 0.15) is 23.3 Å². The number of amides is 1. The minimum Gasteiger partial charge on any atom is -0.361 e. The number of carbonyl (C=O) groups is 1. The molecule has 1 aromatic carbocycles. The smallest absolute Gasteiger partial charge is 0.227 e. The molecule has 0 aliphatic heterocycles. The molecule has 2 N–H and O–H groups in total. The van der Waals surface area contributed by atoms with Gasteiger partial charge in [-0.1, -0.05) is 24.3 Å². The lowest BCUT2D eigenvalue weighted by Gasteiger charge is -2.11. The van der Waals surface area contributed by atoms with Crippen LogP contribution in [0.15, 0.2) is 48.0 Å². The van der Waals surface area contributed by atoms with Crippen molar-refractivity contribution in [1.82, 2.24) is 10.3 Å². The topological polar surface area (TPSA) is 44.9 Å². The van der Waals surface area contributed by atoms with Crippen LogP contribution < -0.4 is 5.32 Å². The highest BCUT2D eigenvalue weighted by Gasteiger charge is 2.18. The third-order valence-electron chi connectivity index (χ3n) is 3.73. The van der Waals surface area contributed by atoms with Crippen molar-refractivity contribution in [3.63, 3.8) is 0 Å². The third kappa shape index (κ3) is 3.00. The number of benzene rings is 1. The molecule has 3 rings (SSSR count). The van der Waals surface area contributed by atoms with Crippen molar-refractivity contribution in [3.05, 3.63) is 58.4 Å². The maximum absolute atomic E-state index is 12.3. The highest BCUT2D eigenvalue weighted by atomic mass is 32.1. The summed E-state index contributed by atoms with van der Waals surface area (Å²) in [6, 6.07) is 12.2. The van der Waals surface area contributed by atoms with E-state index in [0.717, 1.165) is 22.9 Å². The van der Waals surface area contributed by atoms with Crippen LogP contribution >= 0.6 is 11.3 Å². The number of hydrogen-bond acceptors (Lipinski definition) is 2. The predicted octanol–water partition coefficient (Wildman–Crippen LogP) is 3.69. The van der Waals surface area contributed by atoms with E-state index in [1.165, 1.54) is 4.88 Å². The molecule has 21 heavy (non-hydrogen) atoms. The number of nitrogens with one attached hydrogen (secondary N) is 2. The summed E-state index contributed by atoms with van der Waals surface area (Å²) in [6.45, 7) is 2.64. The zero-order valence-corrected chi connectivity index (χ0v) is 12.7. The van der Waals surface area contributed by atoms with Crippen molar-refractivity contribution in [3.8, 4) is 0 Å². The second-order valence-corrected chi connectivity index (χ2v) is 6.16. The molecule has 0 aliphatic carbocycles. The Balaban J connectivity index is 1.64. The van der Waals surface area contributed by atoms with Gasteiger partial charge in [-0.25, -0.2) is 0 Å². The lowest BCUT2D eigenvalue weighted by atomic mass is 10.00. The molecule has 3 nitrogen and oxygen atoms in total. The number of hydrogen-bond donors (Lipinski definition) is 2. The van der Waals surface area contributed by atoms with Crippen LogP contribution in [0, 0.1) is 0 Å². The fraction of sp³-hybridized carbons (Fsp3) is 0.235. The van der Waals surface area contributed by atoms with Crippen molar-refractivity contribution in [1.29, 1.82) is 0 Å². The van der Waals surface area contributed by atoms with Gasteiger partial charge >= 0.3 is 0 Å². The molecule has 0 aliphatic rings. The molecule has 0 bridgehead atoms. The van der Waals surface area contributed by atoms with E-state index in [1.54, 1.807) is 11.3 Å². The minimum atomic E-state index is -0.149. The summed E-state index contributed by atoms with van der Waals surface area (Å²) in [6.07, 6.45) is 2.83. The Kier molecular flexibility index (Phi) is 4.06. The SMILES string of the molecule is CC(C(=O)NCCc1cccs1)c1c[nH]c2ccccc12. The quantitative estimate of drug-likeness (QED) is 0.741. The number of H-pyrrole nitrogens is 1. The Labute approximate surface area is 128 Å². The van der Waals surface area contributed by atoms with E-state index in [2.05, 4.69) is 27.8 Å². The molecular formula is C17H18N2OS. The molecule has 108 valence electrons. The molecule has 0 saturated heterocycles. The van der Waals surface area contributed by atoms with Crippen molar-refractivity contribution >= 4 is 28.1 Å². The largest absolute Gasteiger partial charge is 0.361 e. The third-order valence-corrected chi connectivity index (χ3v) is 4.67. The van der Waals surface area contributed by atoms with Gasteiger partial charge in [0.1, 0.15) is 0 Å². The number of carbonyl (C=O) groups excluding carboxylic acids is 1. The Morgan fingerprint density at radius 2 is 2.14 bits per heavy atom. The fourth-order valence-electron chi connectivity index (χ4n) is 2.51. The number of aromatic amines is 1. The summed E-state index contributed by atoms with van der Waals surface area (Å²) < 4.78 is 0. The normalized spacial score (nSPS) is 12.4. The lowest BCUT2D eigenvalue weighted by Crippen LogP contribution is -2.29. The number of thiophene rings is 1. The van der Waals surface area contributed by atoms with Gasteiger partial charge in [-0.2, -0.15) is 0 Å². The first kappa shape index (κ1) is 13.9. The van der Waals surface area contributed by atoms with E-state index in [9.17, 15) is 4.79 Å². The molecule has 0 saturated carbocycles. The predicted molar refractivity (Wildman–Crippen MR) is 87.7 cm³/mol. The molecule has 0 radical (unpaired) electrons. The standard InChI is InChI=1S/C17H18N2OS/c1-12(15-11-19-16-7-3-2-6-14(15)16)17(20)18-9-8-13-5-4-10-21-13/h2-7,10-12,19H,8-9H2,1H3,(H,18,20). The Bertz CT molecular complexity index is 730. The van der Waals surface area contributed by atoms with Crippen molar-refractivity contribution < 1.29 is 4.79 Å². The van der Waals surface area contributed by atoms with E-state index in [4.69, 9.17) is 0 Å². The zero-order valence-electron chi connectivity index (χ0n) is 11.9. The van der Waals surface area contributed by atoms with Crippen molar-refractivity contribution in [2.45, 2.75) is 19.3 Å². The Hall–Kier alpha value is -2.07. The summed E-state index contributed by atoms with van der Waals surface area (Å²) >= 11 is 1.73.